The summed E-state index contributed by atoms with van der Waals surface area (Å²) in [6.45, 7) is 0. The number of hydrogen-bond acceptors (Lipinski definition) is 1. The molecule has 9 heavy (non-hydrogen) atoms. The van der Waals surface area contributed by atoms with Gasteiger partial charge in [-0.1, -0.05) is 0 Å². The highest BCUT2D eigenvalue weighted by atomic mass is 79.9. The molecule has 0 atom stereocenters. The van der Waals surface area contributed by atoms with Crippen LogP contribution in [0.1, 0.15) is 0 Å². The molecule has 0 saturated carbocycles. The van der Waals surface area contributed by atoms with E-state index in [1.807, 2.05) is 0 Å². The van der Waals surface area contributed by atoms with Gasteiger partial charge in [-0.25, -0.2) is 4.57 Å². The Bertz CT molecular complexity index is 124. The zero-order valence-electron chi connectivity index (χ0n) is 3.71. The van der Waals surface area contributed by atoms with E-state index in [0.29, 0.717) is 0 Å². The average Bonchev–Trinajstić information content (AvgIpc) is 1.25. The van der Waals surface area contributed by atoms with E-state index in [4.69, 9.17) is 9.79 Å². The summed E-state index contributed by atoms with van der Waals surface area (Å²) >= 11 is 0. The van der Waals surface area contributed by atoms with Crippen LogP contribution in [0.4, 0.5) is 12.6 Å². The Morgan fingerprint density at radius 1 is 1.22 bits per heavy atom. The second-order valence-corrected chi connectivity index (χ2v) is 5.72. The Kier molecular flexibility index (Phi) is 4.59. The molecule has 0 rings (SSSR count). The summed E-state index contributed by atoms with van der Waals surface area (Å²) < 4.78 is 42.0. The minimum Gasteiger partial charge on any atom is -1.00 e. The first-order chi connectivity index (χ1) is 3.25. The lowest BCUT2D eigenvalue weighted by Gasteiger charge is -1.91. The second-order valence-electron chi connectivity index (χ2n) is 0.932. The van der Waals surface area contributed by atoms with Crippen LogP contribution in [-0.2, 0) is 4.57 Å². The topological polar surface area (TPSA) is 57.5 Å². The quantitative estimate of drug-likeness (QED) is 0.571. The molecule has 58 valence electrons. The Hall–Kier alpha value is 0.850. The molecule has 0 radical (unpaired) electrons. The standard InChI is InChI=1S/BrH.F3HO3P2/c;1-7(2,3)8(4,5)6/h1H;(H-,4,5,6). The molecule has 0 heterocycles. The van der Waals surface area contributed by atoms with Crippen LogP contribution in [0, 0.1) is 0 Å². The molecular formula is H2BrF3O3P2. The van der Waals surface area contributed by atoms with Crippen molar-refractivity contribution in [3.05, 3.63) is 0 Å². The summed E-state index contributed by atoms with van der Waals surface area (Å²) in [4.78, 5) is 14.8. The molecular weight excluding hydrogens is 247 g/mol. The monoisotopic (exact) mass is 248 g/mol. The van der Waals surface area contributed by atoms with Crippen LogP contribution in [-0.4, -0.2) is 9.79 Å². The van der Waals surface area contributed by atoms with Gasteiger partial charge in [-0.3, -0.25) is 9.79 Å². The van der Waals surface area contributed by atoms with Crippen molar-refractivity contribution in [2.45, 2.75) is 0 Å². The van der Waals surface area contributed by atoms with Gasteiger partial charge in [0.1, 0.15) is 0 Å². The highest BCUT2D eigenvalue weighted by Crippen LogP contribution is 2.89. The molecule has 0 spiro atoms. The molecule has 0 aliphatic heterocycles. The third-order valence-corrected chi connectivity index (χ3v) is 2.66. The van der Waals surface area contributed by atoms with Crippen LogP contribution in [0.5, 0.6) is 0 Å². The summed E-state index contributed by atoms with van der Waals surface area (Å²) in [5.41, 5.74) is 0. The molecule has 2 N–H and O–H groups in total. The third kappa shape index (κ3) is 4.28. The number of hydrogen-bond donors (Lipinski definition) is 2. The molecule has 0 amide bonds. The van der Waals surface area contributed by atoms with Gasteiger partial charge in [0.2, 0.25) is 0 Å². The largest absolute Gasteiger partial charge is 1.00 e. The molecule has 0 unspecified atom stereocenters. The zero-order valence-corrected chi connectivity index (χ0v) is 7.08. The molecule has 0 aliphatic rings. The van der Waals surface area contributed by atoms with E-state index in [0.717, 1.165) is 0 Å². The molecule has 3 nitrogen and oxygen atoms in total. The maximum atomic E-state index is 10.9. The summed E-state index contributed by atoms with van der Waals surface area (Å²) in [6, 6.07) is 0. The Balaban J connectivity index is 0. The smallest absolute Gasteiger partial charge is 0.670 e. The first-order valence-corrected chi connectivity index (χ1v) is 5.07. The molecule has 0 aliphatic carbocycles. The zero-order chi connectivity index (χ0) is 7.00. The van der Waals surface area contributed by atoms with Crippen molar-refractivity contribution >= 4 is 15.2 Å². The van der Waals surface area contributed by atoms with Crippen LogP contribution < -0.4 is 17.0 Å². The van der Waals surface area contributed by atoms with E-state index in [1.165, 1.54) is 0 Å². The Morgan fingerprint density at radius 3 is 1.33 bits per heavy atom. The molecule has 0 bridgehead atoms. The van der Waals surface area contributed by atoms with Crippen LogP contribution in [0.2, 0.25) is 0 Å². The molecule has 0 aromatic carbocycles. The van der Waals surface area contributed by atoms with E-state index in [-0.39, 0.29) is 17.0 Å². The van der Waals surface area contributed by atoms with Gasteiger partial charge in [-0.2, -0.15) is 0 Å². The van der Waals surface area contributed by atoms with Gasteiger partial charge in [-0.15, -0.1) is 0 Å². The van der Waals surface area contributed by atoms with Crippen molar-refractivity contribution in [2.24, 2.45) is 0 Å². The predicted octanol–water partition coefficient (Wildman–Crippen LogP) is -1.25. The fourth-order valence-electron chi connectivity index (χ4n) is 0. The summed E-state index contributed by atoms with van der Waals surface area (Å²) in [5, 5.41) is 0. The van der Waals surface area contributed by atoms with Gasteiger partial charge >= 0.3 is 15.2 Å². The SMILES string of the molecule is O=P(O)(O)[P+](F)(F)F.[Br-]. The maximum Gasteiger partial charge on any atom is 0.670 e. The average molecular weight is 249 g/mol. The minimum atomic E-state index is -6.43. The first-order valence-electron chi connectivity index (χ1n) is 1.29. The normalized spacial score (nSPS) is 12.6. The van der Waals surface area contributed by atoms with Crippen molar-refractivity contribution in [1.82, 2.24) is 0 Å². The highest BCUT2D eigenvalue weighted by molar-refractivity contribution is 8.30. The van der Waals surface area contributed by atoms with Gasteiger partial charge in [0.25, 0.3) is 0 Å². The third-order valence-electron chi connectivity index (χ3n) is 0.295. The lowest BCUT2D eigenvalue weighted by molar-refractivity contribution is -0.00000841. The van der Waals surface area contributed by atoms with E-state index in [1.54, 1.807) is 0 Å². The van der Waals surface area contributed by atoms with E-state index >= 15 is 0 Å². The van der Waals surface area contributed by atoms with Gasteiger partial charge in [-0.05, 0) is 0 Å². The molecule has 0 aromatic rings. The minimum absolute atomic E-state index is 0. The van der Waals surface area contributed by atoms with E-state index < -0.39 is 15.2 Å². The van der Waals surface area contributed by atoms with E-state index in [9.17, 15) is 17.2 Å². The molecule has 0 aromatic heterocycles. The van der Waals surface area contributed by atoms with Crippen molar-refractivity contribution < 1.29 is 43.9 Å². The molecule has 0 fully saturated rings. The van der Waals surface area contributed by atoms with Crippen LogP contribution in [0.25, 0.3) is 0 Å². The fraction of sp³-hybridized carbons (Fsp3) is 0. The summed E-state index contributed by atoms with van der Waals surface area (Å²) in [6.07, 6.45) is 0. The van der Waals surface area contributed by atoms with Crippen LogP contribution in [0.3, 0.4) is 0 Å². The summed E-state index contributed by atoms with van der Waals surface area (Å²) in [5.74, 6) is 0. The Morgan fingerprint density at radius 2 is 1.33 bits per heavy atom. The van der Waals surface area contributed by atoms with Crippen molar-refractivity contribution in [3.63, 3.8) is 0 Å². The number of rotatable bonds is 1. The lowest BCUT2D eigenvalue weighted by Crippen LogP contribution is -3.00. The molecule has 0 saturated heterocycles. The highest BCUT2D eigenvalue weighted by Gasteiger charge is 2.65. The van der Waals surface area contributed by atoms with Crippen molar-refractivity contribution in [3.8, 4) is 0 Å². The number of halogens is 4. The van der Waals surface area contributed by atoms with Crippen LogP contribution >= 0.6 is 15.2 Å². The van der Waals surface area contributed by atoms with Crippen LogP contribution in [0.15, 0.2) is 0 Å². The van der Waals surface area contributed by atoms with Crippen molar-refractivity contribution in [2.75, 3.05) is 0 Å². The summed E-state index contributed by atoms with van der Waals surface area (Å²) in [7, 11) is -12.2. The van der Waals surface area contributed by atoms with Gasteiger partial charge in [0, 0.05) is 12.6 Å². The van der Waals surface area contributed by atoms with Gasteiger partial charge in [0.15, 0.2) is 0 Å². The Labute approximate surface area is 59.8 Å². The fourth-order valence-corrected chi connectivity index (χ4v) is 0. The second kappa shape index (κ2) is 3.30. The van der Waals surface area contributed by atoms with E-state index in [2.05, 4.69) is 0 Å². The van der Waals surface area contributed by atoms with Gasteiger partial charge < -0.3 is 17.0 Å². The van der Waals surface area contributed by atoms with Crippen molar-refractivity contribution in [1.29, 1.82) is 0 Å². The maximum absolute atomic E-state index is 10.9. The molecule has 9 heteroatoms. The lowest BCUT2D eigenvalue weighted by atomic mass is 15.8. The predicted molar refractivity (Wildman–Crippen MR) is 22.3 cm³/mol. The van der Waals surface area contributed by atoms with Gasteiger partial charge in [0.05, 0.1) is 0 Å². The first kappa shape index (κ1) is 12.5.